The second-order valence-electron chi connectivity index (χ2n) is 4.83. The van der Waals surface area contributed by atoms with Crippen LogP contribution in [0.15, 0.2) is 49.6 Å². The predicted molar refractivity (Wildman–Crippen MR) is 103 cm³/mol. The third kappa shape index (κ3) is 6.45. The highest BCUT2D eigenvalue weighted by Gasteiger charge is 2.11. The van der Waals surface area contributed by atoms with E-state index in [0.29, 0.717) is 6.04 Å². The van der Waals surface area contributed by atoms with E-state index in [1.54, 1.807) is 0 Å². The molecule has 0 saturated heterocycles. The summed E-state index contributed by atoms with van der Waals surface area (Å²) in [7, 11) is 0. The molecular formula is C16H19Br2NS2. The van der Waals surface area contributed by atoms with Crippen LogP contribution in [0, 0.1) is 0 Å². The SMILES string of the molecule is CCCNC(CSc1ccc(Br)cc1)Cc1ccc(Br)s1. The fraction of sp³-hybridized carbons (Fsp3) is 0.375. The summed E-state index contributed by atoms with van der Waals surface area (Å²) < 4.78 is 2.35. The first-order valence-electron chi connectivity index (χ1n) is 7.03. The van der Waals surface area contributed by atoms with E-state index in [2.05, 4.69) is 80.5 Å². The highest BCUT2D eigenvalue weighted by Crippen LogP contribution is 2.25. The van der Waals surface area contributed by atoms with E-state index >= 15 is 0 Å². The third-order valence-electron chi connectivity index (χ3n) is 3.02. The van der Waals surface area contributed by atoms with Crippen molar-refractivity contribution in [2.45, 2.75) is 30.7 Å². The zero-order valence-corrected chi connectivity index (χ0v) is 16.7. The second kappa shape index (κ2) is 9.36. The zero-order chi connectivity index (χ0) is 15.1. The molecule has 0 bridgehead atoms. The Morgan fingerprint density at radius 1 is 1.14 bits per heavy atom. The van der Waals surface area contributed by atoms with Gasteiger partial charge in [0.1, 0.15) is 0 Å². The van der Waals surface area contributed by atoms with Gasteiger partial charge in [0.15, 0.2) is 0 Å². The van der Waals surface area contributed by atoms with Gasteiger partial charge in [0.25, 0.3) is 0 Å². The molecule has 1 N–H and O–H groups in total. The lowest BCUT2D eigenvalue weighted by molar-refractivity contribution is 0.553. The summed E-state index contributed by atoms with van der Waals surface area (Å²) in [6, 6.07) is 13.4. The summed E-state index contributed by atoms with van der Waals surface area (Å²) in [6.45, 7) is 3.30. The maximum atomic E-state index is 3.67. The number of hydrogen-bond acceptors (Lipinski definition) is 3. The van der Waals surface area contributed by atoms with Crippen molar-refractivity contribution in [3.05, 3.63) is 49.5 Å². The third-order valence-corrected chi connectivity index (χ3v) is 6.37. The molecule has 1 aromatic carbocycles. The molecule has 1 nitrogen and oxygen atoms in total. The van der Waals surface area contributed by atoms with Crippen LogP contribution in [-0.4, -0.2) is 18.3 Å². The minimum Gasteiger partial charge on any atom is -0.313 e. The molecule has 2 rings (SSSR count). The van der Waals surface area contributed by atoms with Gasteiger partial charge >= 0.3 is 0 Å². The Morgan fingerprint density at radius 3 is 2.52 bits per heavy atom. The normalized spacial score (nSPS) is 12.5. The first kappa shape index (κ1) is 17.5. The van der Waals surface area contributed by atoms with Crippen molar-refractivity contribution in [2.75, 3.05) is 12.3 Å². The minimum absolute atomic E-state index is 0.518. The Labute approximate surface area is 152 Å². The van der Waals surface area contributed by atoms with Gasteiger partial charge in [-0.05, 0) is 71.7 Å². The summed E-state index contributed by atoms with van der Waals surface area (Å²) in [5.41, 5.74) is 0. The highest BCUT2D eigenvalue weighted by atomic mass is 79.9. The number of halogens is 2. The van der Waals surface area contributed by atoms with E-state index in [0.717, 1.165) is 23.2 Å². The summed E-state index contributed by atoms with van der Waals surface area (Å²) in [5, 5.41) is 3.67. The average molecular weight is 449 g/mol. The first-order valence-corrected chi connectivity index (χ1v) is 10.4. The van der Waals surface area contributed by atoms with Crippen molar-refractivity contribution >= 4 is 55.0 Å². The fourth-order valence-electron chi connectivity index (χ4n) is 1.97. The fourth-order valence-corrected chi connectivity index (χ4v) is 4.76. The molecule has 0 aliphatic rings. The van der Waals surface area contributed by atoms with Crippen molar-refractivity contribution in [3.63, 3.8) is 0 Å². The van der Waals surface area contributed by atoms with Gasteiger partial charge in [-0.3, -0.25) is 0 Å². The summed E-state index contributed by atoms with van der Waals surface area (Å²) >= 11 is 10.8. The van der Waals surface area contributed by atoms with Crippen LogP contribution in [0.3, 0.4) is 0 Å². The van der Waals surface area contributed by atoms with Gasteiger partial charge in [-0.15, -0.1) is 23.1 Å². The Kier molecular flexibility index (Phi) is 7.82. The molecule has 114 valence electrons. The van der Waals surface area contributed by atoms with Crippen LogP contribution in [0.2, 0.25) is 0 Å². The van der Waals surface area contributed by atoms with Crippen LogP contribution in [0.1, 0.15) is 18.2 Å². The van der Waals surface area contributed by atoms with E-state index in [4.69, 9.17) is 0 Å². The lowest BCUT2D eigenvalue weighted by Crippen LogP contribution is -2.33. The van der Waals surface area contributed by atoms with Gasteiger partial charge in [-0.1, -0.05) is 22.9 Å². The summed E-state index contributed by atoms with van der Waals surface area (Å²) in [4.78, 5) is 2.76. The van der Waals surface area contributed by atoms with E-state index < -0.39 is 0 Å². The van der Waals surface area contributed by atoms with E-state index in [1.165, 1.54) is 20.0 Å². The molecule has 1 aromatic heterocycles. The Balaban J connectivity index is 1.90. The zero-order valence-electron chi connectivity index (χ0n) is 11.9. The molecular weight excluding hydrogens is 430 g/mol. The van der Waals surface area contributed by atoms with Crippen LogP contribution in [-0.2, 0) is 6.42 Å². The average Bonchev–Trinajstić information content (AvgIpc) is 2.89. The molecule has 0 aliphatic carbocycles. The number of nitrogens with one attached hydrogen (secondary N) is 1. The lowest BCUT2D eigenvalue weighted by atomic mass is 10.2. The first-order chi connectivity index (χ1) is 10.2. The predicted octanol–water partition coefficient (Wildman–Crippen LogP) is 5.98. The molecule has 1 unspecified atom stereocenters. The van der Waals surface area contributed by atoms with E-state index in [-0.39, 0.29) is 0 Å². The molecule has 0 spiro atoms. The molecule has 0 aliphatic heterocycles. The molecule has 1 atom stereocenters. The van der Waals surface area contributed by atoms with Crippen molar-refractivity contribution in [1.29, 1.82) is 0 Å². The van der Waals surface area contributed by atoms with E-state index in [9.17, 15) is 0 Å². The Bertz CT molecular complexity index is 539. The monoisotopic (exact) mass is 447 g/mol. The number of hydrogen-bond donors (Lipinski definition) is 1. The van der Waals surface area contributed by atoms with Crippen molar-refractivity contribution in [2.24, 2.45) is 0 Å². The van der Waals surface area contributed by atoms with Crippen LogP contribution in [0.5, 0.6) is 0 Å². The maximum absolute atomic E-state index is 3.67. The largest absolute Gasteiger partial charge is 0.313 e. The van der Waals surface area contributed by atoms with Gasteiger partial charge in [0.2, 0.25) is 0 Å². The lowest BCUT2D eigenvalue weighted by Gasteiger charge is -2.17. The highest BCUT2D eigenvalue weighted by molar-refractivity contribution is 9.11. The molecule has 5 heteroatoms. The summed E-state index contributed by atoms with van der Waals surface area (Å²) in [5.74, 6) is 1.09. The number of rotatable bonds is 8. The molecule has 0 amide bonds. The number of thioether (sulfide) groups is 1. The van der Waals surface area contributed by atoms with Gasteiger partial charge in [0, 0.05) is 26.0 Å². The topological polar surface area (TPSA) is 12.0 Å². The molecule has 0 radical (unpaired) electrons. The summed E-state index contributed by atoms with van der Waals surface area (Å²) in [6.07, 6.45) is 2.27. The number of benzene rings is 1. The van der Waals surface area contributed by atoms with Crippen LogP contribution >= 0.6 is 55.0 Å². The van der Waals surface area contributed by atoms with Crippen LogP contribution in [0.25, 0.3) is 0 Å². The van der Waals surface area contributed by atoms with Gasteiger partial charge < -0.3 is 5.32 Å². The van der Waals surface area contributed by atoms with Crippen LogP contribution < -0.4 is 5.32 Å². The van der Waals surface area contributed by atoms with Gasteiger partial charge in [-0.2, -0.15) is 0 Å². The molecule has 1 heterocycles. The van der Waals surface area contributed by atoms with Gasteiger partial charge in [-0.25, -0.2) is 0 Å². The van der Waals surface area contributed by atoms with E-state index in [1.807, 2.05) is 23.1 Å². The van der Waals surface area contributed by atoms with Gasteiger partial charge in [0.05, 0.1) is 3.79 Å². The van der Waals surface area contributed by atoms with Crippen molar-refractivity contribution < 1.29 is 0 Å². The molecule has 0 fully saturated rings. The standard InChI is InChI=1S/C16H19Br2NS2/c1-2-9-19-13(10-15-7-8-16(18)21-15)11-20-14-5-3-12(17)4-6-14/h3-8,13,19H,2,9-11H2,1H3. The smallest absolute Gasteiger partial charge is 0.0701 e. The maximum Gasteiger partial charge on any atom is 0.0701 e. The second-order valence-corrected chi connectivity index (χ2v) is 9.38. The molecule has 21 heavy (non-hydrogen) atoms. The number of thiophene rings is 1. The van der Waals surface area contributed by atoms with Crippen molar-refractivity contribution in [3.8, 4) is 0 Å². The Hall–Kier alpha value is 0.190. The van der Waals surface area contributed by atoms with Crippen LogP contribution in [0.4, 0.5) is 0 Å². The molecule has 2 aromatic rings. The van der Waals surface area contributed by atoms with Crippen molar-refractivity contribution in [1.82, 2.24) is 5.32 Å². The molecule has 0 saturated carbocycles. The quantitative estimate of drug-likeness (QED) is 0.498. The minimum atomic E-state index is 0.518. The Morgan fingerprint density at radius 2 is 1.90 bits per heavy atom.